The average molecular weight is 616 g/mol. The van der Waals surface area contributed by atoms with Crippen LogP contribution in [0.2, 0.25) is 0 Å². The average Bonchev–Trinajstić information content (AvgIpc) is 3.07. The highest BCUT2D eigenvalue weighted by molar-refractivity contribution is 5.62. The second kappa shape index (κ2) is 15.9. The molecule has 6 aliphatic heterocycles. The van der Waals surface area contributed by atoms with Crippen LogP contribution in [0.1, 0.15) is 12.0 Å². The molecule has 2 aromatic heterocycles. The summed E-state index contributed by atoms with van der Waals surface area (Å²) in [5.41, 5.74) is 4.07. The van der Waals surface area contributed by atoms with Crippen LogP contribution in [-0.4, -0.2) is 147 Å². The molecule has 0 saturated carbocycles. The molecular formula is C34H49N9O2. The van der Waals surface area contributed by atoms with Gasteiger partial charge in [0.25, 0.3) is 0 Å². The van der Waals surface area contributed by atoms with Gasteiger partial charge in [-0.3, -0.25) is 14.7 Å². The number of hydrogen-bond acceptors (Lipinski definition) is 11. The largest absolute Gasteiger partial charge is 0.379 e. The first-order valence-electron chi connectivity index (χ1n) is 16.5. The fourth-order valence-electron chi connectivity index (χ4n) is 6.33. The Morgan fingerprint density at radius 1 is 0.933 bits per heavy atom. The Balaban J connectivity index is 1.17. The molecular weight excluding hydrogens is 566 g/mol. The van der Waals surface area contributed by atoms with Crippen LogP contribution in [0, 0.1) is 0 Å². The second-order valence-electron chi connectivity index (χ2n) is 12.5. The number of ether oxygens (including phenoxy) is 2. The van der Waals surface area contributed by atoms with Gasteiger partial charge in [0.15, 0.2) is 0 Å². The Kier molecular flexibility index (Phi) is 11.2. The van der Waals surface area contributed by atoms with E-state index >= 15 is 0 Å². The molecule has 3 unspecified atom stereocenters. The van der Waals surface area contributed by atoms with Crippen molar-refractivity contribution in [3.8, 4) is 11.3 Å². The molecule has 11 heteroatoms. The van der Waals surface area contributed by atoms with E-state index in [0.717, 1.165) is 128 Å². The number of rotatable bonds is 5. The third-order valence-corrected chi connectivity index (χ3v) is 9.14. The lowest BCUT2D eigenvalue weighted by atomic mass is 10.1. The minimum Gasteiger partial charge on any atom is -0.379 e. The van der Waals surface area contributed by atoms with Crippen LogP contribution in [0.5, 0.6) is 0 Å². The van der Waals surface area contributed by atoms with Crippen molar-refractivity contribution >= 4 is 17.5 Å². The third-order valence-electron chi connectivity index (χ3n) is 9.14. The first-order chi connectivity index (χ1) is 22.1. The molecule has 9 rings (SSSR count). The predicted octanol–water partition coefficient (Wildman–Crippen LogP) is 2.89. The maximum atomic E-state index is 6.34. The molecule has 11 nitrogen and oxygen atoms in total. The highest BCUT2D eigenvalue weighted by Crippen LogP contribution is 2.23. The van der Waals surface area contributed by atoms with Gasteiger partial charge in [-0.15, -0.1) is 0 Å². The molecule has 0 radical (unpaired) electrons. The quantitative estimate of drug-likeness (QED) is 0.430. The number of anilines is 3. The fourth-order valence-corrected chi connectivity index (χ4v) is 6.33. The van der Waals surface area contributed by atoms with Gasteiger partial charge in [-0.25, -0.2) is 15.0 Å². The van der Waals surface area contributed by atoms with Crippen LogP contribution >= 0.6 is 0 Å². The third kappa shape index (κ3) is 9.18. The van der Waals surface area contributed by atoms with Crippen LogP contribution in [-0.2, 0) is 16.0 Å². The SMILES string of the molecule is CN1CCCN(C)c2ccc(cn2)-c2ccnc(n2)Nc2cccc(c2)CN2CCN(CC1)CC2COCCN1CCOCC1. The number of morpholine rings is 1. The van der Waals surface area contributed by atoms with E-state index in [2.05, 4.69) is 85.3 Å². The minimum atomic E-state index is 0.345. The molecule has 45 heavy (non-hydrogen) atoms. The first-order valence-corrected chi connectivity index (χ1v) is 16.5. The Morgan fingerprint density at radius 2 is 1.82 bits per heavy atom. The lowest BCUT2D eigenvalue weighted by Gasteiger charge is -2.42. The topological polar surface area (TPSA) is 85.4 Å². The lowest BCUT2D eigenvalue weighted by Crippen LogP contribution is -2.55. The van der Waals surface area contributed by atoms with Crippen LogP contribution in [0.3, 0.4) is 0 Å². The van der Waals surface area contributed by atoms with Gasteiger partial charge in [-0.05, 0) is 55.9 Å². The maximum Gasteiger partial charge on any atom is 0.227 e. The normalized spacial score (nSPS) is 24.0. The van der Waals surface area contributed by atoms with Gasteiger partial charge in [-0.1, -0.05) is 12.1 Å². The fraction of sp³-hybridized carbons (Fsp3) is 0.559. The van der Waals surface area contributed by atoms with Gasteiger partial charge in [-0.2, -0.15) is 0 Å². The molecule has 8 heterocycles. The van der Waals surface area contributed by atoms with Gasteiger partial charge < -0.3 is 24.6 Å². The summed E-state index contributed by atoms with van der Waals surface area (Å²) >= 11 is 0. The minimum absolute atomic E-state index is 0.345. The Labute approximate surface area is 268 Å². The van der Waals surface area contributed by atoms with Crippen molar-refractivity contribution < 1.29 is 9.47 Å². The van der Waals surface area contributed by atoms with Crippen molar-refractivity contribution in [1.82, 2.24) is 34.6 Å². The van der Waals surface area contributed by atoms with Crippen LogP contribution in [0.25, 0.3) is 11.3 Å². The summed E-state index contributed by atoms with van der Waals surface area (Å²) in [6.07, 6.45) is 4.79. The zero-order valence-corrected chi connectivity index (χ0v) is 27.0. The van der Waals surface area contributed by atoms with Gasteiger partial charge in [0.1, 0.15) is 5.82 Å². The summed E-state index contributed by atoms with van der Waals surface area (Å²) in [5, 5.41) is 3.44. The summed E-state index contributed by atoms with van der Waals surface area (Å²) in [5.74, 6) is 1.55. The van der Waals surface area contributed by atoms with Crippen molar-refractivity contribution in [1.29, 1.82) is 0 Å². The van der Waals surface area contributed by atoms with Crippen molar-refractivity contribution in [2.45, 2.75) is 19.0 Å². The molecule has 0 aliphatic carbocycles. The van der Waals surface area contributed by atoms with E-state index in [1.165, 1.54) is 5.56 Å². The summed E-state index contributed by atoms with van der Waals surface area (Å²) in [7, 11) is 4.36. The van der Waals surface area contributed by atoms with Crippen LogP contribution in [0.15, 0.2) is 54.9 Å². The van der Waals surface area contributed by atoms with Crippen molar-refractivity contribution in [3.63, 3.8) is 0 Å². The van der Waals surface area contributed by atoms with E-state index in [4.69, 9.17) is 19.4 Å². The molecule has 6 aliphatic rings. The smallest absolute Gasteiger partial charge is 0.227 e. The van der Waals surface area contributed by atoms with Crippen molar-refractivity contribution in [2.24, 2.45) is 0 Å². The lowest BCUT2D eigenvalue weighted by molar-refractivity contribution is -0.0120. The molecule has 242 valence electrons. The molecule has 3 atom stereocenters. The molecule has 2 fully saturated rings. The van der Waals surface area contributed by atoms with Gasteiger partial charge in [0.05, 0.1) is 32.1 Å². The van der Waals surface area contributed by atoms with E-state index in [9.17, 15) is 0 Å². The highest BCUT2D eigenvalue weighted by atomic mass is 16.5. The molecule has 1 aromatic carbocycles. The summed E-state index contributed by atoms with van der Waals surface area (Å²) < 4.78 is 11.8. The summed E-state index contributed by atoms with van der Waals surface area (Å²) in [4.78, 5) is 26.4. The zero-order chi connectivity index (χ0) is 30.8. The van der Waals surface area contributed by atoms with E-state index in [1.54, 1.807) is 6.20 Å². The standard InChI is InChI=1S/C34H49N9O2/c1-39-11-4-12-40(2)33-8-7-29(24-36-33)32-9-10-35-34(38-32)37-30-6-3-5-28(23-30)25-43-16-15-42(14-13-39)26-31(43)27-45-22-19-41-17-20-44-21-18-41/h3,5-10,23-24,31H,4,11-22,25-27H2,1-2H3,(H,35,37,38). The molecule has 3 aromatic rings. The van der Waals surface area contributed by atoms with Gasteiger partial charge in [0.2, 0.25) is 5.95 Å². The Hall–Kier alpha value is -3.19. The van der Waals surface area contributed by atoms with Gasteiger partial charge in [0, 0.05) is 102 Å². The monoisotopic (exact) mass is 615 g/mol. The van der Waals surface area contributed by atoms with Crippen molar-refractivity contribution in [3.05, 3.63) is 60.4 Å². The zero-order valence-electron chi connectivity index (χ0n) is 27.0. The number of aromatic nitrogens is 3. The van der Waals surface area contributed by atoms with Crippen LogP contribution in [0.4, 0.5) is 17.5 Å². The number of pyridine rings is 1. The molecule has 2 saturated heterocycles. The molecule has 0 amide bonds. The van der Waals surface area contributed by atoms with Gasteiger partial charge >= 0.3 is 0 Å². The number of likely N-dealkylation sites (N-methyl/N-ethyl adjacent to an activating group) is 1. The summed E-state index contributed by atoms with van der Waals surface area (Å²) in [6, 6.07) is 15.1. The van der Waals surface area contributed by atoms with E-state index in [0.29, 0.717) is 12.0 Å². The number of nitrogens with zero attached hydrogens (tertiary/aromatic N) is 8. The number of hydrogen-bond donors (Lipinski definition) is 1. The van der Waals surface area contributed by atoms with E-state index in [1.807, 2.05) is 12.3 Å². The van der Waals surface area contributed by atoms with E-state index in [-0.39, 0.29) is 0 Å². The molecule has 1 N–H and O–H groups in total. The molecule has 0 spiro atoms. The Bertz CT molecular complexity index is 1340. The highest BCUT2D eigenvalue weighted by Gasteiger charge is 2.27. The number of nitrogens with one attached hydrogen (secondary N) is 1. The van der Waals surface area contributed by atoms with Crippen LogP contribution < -0.4 is 10.2 Å². The van der Waals surface area contributed by atoms with E-state index < -0.39 is 0 Å². The molecule has 8 bridgehead atoms. The number of piperazine rings is 1. The first kappa shape index (κ1) is 31.8. The van der Waals surface area contributed by atoms with Crippen molar-refractivity contribution in [2.75, 3.05) is 116 Å². The predicted molar refractivity (Wildman–Crippen MR) is 179 cm³/mol. The second-order valence-corrected chi connectivity index (χ2v) is 12.5. The number of benzene rings is 1. The Morgan fingerprint density at radius 3 is 2.69 bits per heavy atom. The summed E-state index contributed by atoms with van der Waals surface area (Å²) in [6.45, 7) is 14.3. The maximum absolute atomic E-state index is 6.34.